The largest absolute Gasteiger partial charge is 0.298 e. The molecule has 0 aromatic rings. The summed E-state index contributed by atoms with van der Waals surface area (Å²) in [4.78, 5) is 2.74. The van der Waals surface area contributed by atoms with E-state index >= 15 is 0 Å². The lowest BCUT2D eigenvalue weighted by Crippen LogP contribution is -2.38. The van der Waals surface area contributed by atoms with Crippen LogP contribution in [0, 0.1) is 5.92 Å². The molecule has 0 heterocycles. The molecular formula is C20H39N. The molecule has 1 aliphatic rings. The maximum Gasteiger partial charge on any atom is 0.0241 e. The predicted octanol–water partition coefficient (Wildman–Crippen LogP) is 6.19. The van der Waals surface area contributed by atoms with Crippen molar-refractivity contribution in [3.63, 3.8) is 0 Å². The third kappa shape index (κ3) is 5.77. The number of nitrogens with zero attached hydrogens (tertiary/aromatic N) is 1. The maximum absolute atomic E-state index is 2.74. The molecule has 0 aromatic heterocycles. The number of hydrogen-bond acceptors (Lipinski definition) is 1. The standard InChI is InChI=1S/C20H39N/c1-5-9-10-11-12-13-14-15-16-19-18-20(19,17-6-2)21(7-3)8-4/h12-13,19H,5-11,14-18H2,1-4H3/b13-12+/t19-,20-/m1/s1. The van der Waals surface area contributed by atoms with Crippen molar-refractivity contribution in [2.45, 2.75) is 97.4 Å². The molecule has 0 aromatic carbocycles. The number of allylic oxidation sites excluding steroid dienone is 2. The van der Waals surface area contributed by atoms with E-state index in [0.717, 1.165) is 5.92 Å². The van der Waals surface area contributed by atoms with Gasteiger partial charge in [-0.05, 0) is 64.0 Å². The zero-order chi connectivity index (χ0) is 15.6. The van der Waals surface area contributed by atoms with E-state index in [0.29, 0.717) is 5.54 Å². The fourth-order valence-electron chi connectivity index (χ4n) is 4.11. The minimum absolute atomic E-state index is 0.586. The molecule has 0 saturated heterocycles. The first-order valence-corrected chi connectivity index (χ1v) is 9.65. The molecule has 0 unspecified atom stereocenters. The minimum atomic E-state index is 0.586. The van der Waals surface area contributed by atoms with Crippen molar-refractivity contribution in [3.05, 3.63) is 12.2 Å². The van der Waals surface area contributed by atoms with Gasteiger partial charge >= 0.3 is 0 Å². The van der Waals surface area contributed by atoms with Crippen molar-refractivity contribution in [3.8, 4) is 0 Å². The molecule has 1 heteroatoms. The molecule has 21 heavy (non-hydrogen) atoms. The first kappa shape index (κ1) is 18.7. The van der Waals surface area contributed by atoms with Gasteiger partial charge in [-0.3, -0.25) is 4.90 Å². The normalized spacial score (nSPS) is 25.1. The molecule has 124 valence electrons. The van der Waals surface area contributed by atoms with Gasteiger partial charge in [0, 0.05) is 5.54 Å². The highest BCUT2D eigenvalue weighted by molar-refractivity contribution is 5.10. The van der Waals surface area contributed by atoms with E-state index in [4.69, 9.17) is 0 Å². The van der Waals surface area contributed by atoms with E-state index < -0.39 is 0 Å². The Hall–Kier alpha value is -0.300. The average molecular weight is 294 g/mol. The molecule has 2 atom stereocenters. The Morgan fingerprint density at radius 2 is 1.57 bits per heavy atom. The van der Waals surface area contributed by atoms with Crippen molar-refractivity contribution in [2.75, 3.05) is 13.1 Å². The van der Waals surface area contributed by atoms with Crippen LogP contribution < -0.4 is 0 Å². The summed E-state index contributed by atoms with van der Waals surface area (Å²) in [7, 11) is 0. The third-order valence-electron chi connectivity index (χ3n) is 5.34. The Labute approximate surface area is 134 Å². The highest BCUT2D eigenvalue weighted by Crippen LogP contribution is 2.54. The highest BCUT2D eigenvalue weighted by Gasteiger charge is 2.55. The lowest BCUT2D eigenvalue weighted by Gasteiger charge is -2.31. The van der Waals surface area contributed by atoms with E-state index in [-0.39, 0.29) is 0 Å². The molecule has 0 radical (unpaired) electrons. The maximum atomic E-state index is 2.74. The van der Waals surface area contributed by atoms with Crippen LogP contribution in [0.2, 0.25) is 0 Å². The number of hydrogen-bond donors (Lipinski definition) is 0. The van der Waals surface area contributed by atoms with Crippen LogP contribution >= 0.6 is 0 Å². The minimum Gasteiger partial charge on any atom is -0.298 e. The first-order valence-electron chi connectivity index (χ1n) is 9.65. The van der Waals surface area contributed by atoms with Crippen molar-refractivity contribution in [1.29, 1.82) is 0 Å². The zero-order valence-electron chi connectivity index (χ0n) is 15.2. The van der Waals surface area contributed by atoms with Gasteiger partial charge in [-0.15, -0.1) is 0 Å². The van der Waals surface area contributed by atoms with Crippen LogP contribution in [0.4, 0.5) is 0 Å². The van der Waals surface area contributed by atoms with E-state index in [9.17, 15) is 0 Å². The lowest BCUT2D eigenvalue weighted by atomic mass is 10.0. The predicted molar refractivity (Wildman–Crippen MR) is 95.8 cm³/mol. The van der Waals surface area contributed by atoms with Gasteiger partial charge in [-0.2, -0.15) is 0 Å². The lowest BCUT2D eigenvalue weighted by molar-refractivity contribution is 0.165. The van der Waals surface area contributed by atoms with Crippen LogP contribution in [0.3, 0.4) is 0 Å². The van der Waals surface area contributed by atoms with E-state index in [2.05, 4.69) is 44.7 Å². The first-order chi connectivity index (χ1) is 10.2. The summed E-state index contributed by atoms with van der Waals surface area (Å²) in [5.41, 5.74) is 0.586. The van der Waals surface area contributed by atoms with Crippen molar-refractivity contribution in [2.24, 2.45) is 5.92 Å². The van der Waals surface area contributed by atoms with Crippen molar-refractivity contribution >= 4 is 0 Å². The summed E-state index contributed by atoms with van der Waals surface area (Å²) in [6, 6.07) is 0. The smallest absolute Gasteiger partial charge is 0.0241 e. The second-order valence-electron chi connectivity index (χ2n) is 6.83. The molecule has 1 rings (SSSR count). The fourth-order valence-corrected chi connectivity index (χ4v) is 4.11. The molecule has 0 spiro atoms. The second-order valence-corrected chi connectivity index (χ2v) is 6.83. The Morgan fingerprint density at radius 3 is 2.14 bits per heavy atom. The quantitative estimate of drug-likeness (QED) is 0.289. The monoisotopic (exact) mass is 293 g/mol. The van der Waals surface area contributed by atoms with Crippen LogP contribution in [0.1, 0.15) is 91.9 Å². The molecule has 1 aliphatic carbocycles. The van der Waals surface area contributed by atoms with E-state index in [1.165, 1.54) is 77.3 Å². The molecule has 1 saturated carbocycles. The van der Waals surface area contributed by atoms with Gasteiger partial charge in [-0.1, -0.05) is 59.1 Å². The van der Waals surface area contributed by atoms with E-state index in [1.807, 2.05) is 0 Å². The van der Waals surface area contributed by atoms with Gasteiger partial charge in [0.25, 0.3) is 0 Å². The molecule has 0 N–H and O–H groups in total. The molecule has 0 aliphatic heterocycles. The highest BCUT2D eigenvalue weighted by atomic mass is 15.2. The summed E-state index contributed by atoms with van der Waals surface area (Å²) in [5.74, 6) is 0.978. The average Bonchev–Trinajstić information content (AvgIpc) is 3.17. The summed E-state index contributed by atoms with van der Waals surface area (Å²) in [5, 5.41) is 0. The summed E-state index contributed by atoms with van der Waals surface area (Å²) in [6.45, 7) is 11.7. The van der Waals surface area contributed by atoms with Gasteiger partial charge in [0.2, 0.25) is 0 Å². The SMILES string of the molecule is CCCCC/C=C/CCC[C@@H]1C[C@@]1(CCC)N(CC)CC. The van der Waals surface area contributed by atoms with Crippen LogP contribution in [-0.4, -0.2) is 23.5 Å². The van der Waals surface area contributed by atoms with Gasteiger partial charge in [0.15, 0.2) is 0 Å². The summed E-state index contributed by atoms with van der Waals surface area (Å²) < 4.78 is 0. The van der Waals surface area contributed by atoms with E-state index in [1.54, 1.807) is 0 Å². The van der Waals surface area contributed by atoms with Crippen LogP contribution in [0.15, 0.2) is 12.2 Å². The van der Waals surface area contributed by atoms with Gasteiger partial charge in [0.05, 0.1) is 0 Å². The van der Waals surface area contributed by atoms with Crippen molar-refractivity contribution in [1.82, 2.24) is 4.90 Å². The third-order valence-corrected chi connectivity index (χ3v) is 5.34. The fraction of sp³-hybridized carbons (Fsp3) is 0.900. The topological polar surface area (TPSA) is 3.24 Å². The zero-order valence-corrected chi connectivity index (χ0v) is 15.2. The Morgan fingerprint density at radius 1 is 0.905 bits per heavy atom. The summed E-state index contributed by atoms with van der Waals surface area (Å²) in [6.07, 6.45) is 18.5. The van der Waals surface area contributed by atoms with Crippen LogP contribution in [0.25, 0.3) is 0 Å². The second kappa shape index (κ2) is 10.4. The number of unbranched alkanes of at least 4 members (excludes halogenated alkanes) is 4. The Balaban J connectivity index is 2.21. The van der Waals surface area contributed by atoms with Crippen LogP contribution in [-0.2, 0) is 0 Å². The Kier molecular flexibility index (Phi) is 9.31. The number of rotatable bonds is 13. The van der Waals surface area contributed by atoms with Gasteiger partial charge in [0.1, 0.15) is 0 Å². The molecule has 0 amide bonds. The molecule has 1 fully saturated rings. The Bertz CT molecular complexity index is 280. The molecule has 0 bridgehead atoms. The summed E-state index contributed by atoms with van der Waals surface area (Å²) >= 11 is 0. The van der Waals surface area contributed by atoms with Crippen molar-refractivity contribution < 1.29 is 0 Å². The molecular weight excluding hydrogens is 254 g/mol. The van der Waals surface area contributed by atoms with Crippen LogP contribution in [0.5, 0.6) is 0 Å². The van der Waals surface area contributed by atoms with Gasteiger partial charge < -0.3 is 0 Å². The molecule has 1 nitrogen and oxygen atoms in total. The van der Waals surface area contributed by atoms with Gasteiger partial charge in [-0.25, -0.2) is 0 Å².